The molecule has 0 heterocycles. The standard InChI is InChI=1S/C28H24/c1-17-13-23-14-19(3)20(4)27(26(23)15-18(17)2)28-24-11-7-5-9-21(24)16-22-10-6-8-12-25(22)28/h5-16H,1-4H3. The van der Waals surface area contributed by atoms with Crippen molar-refractivity contribution in [1.82, 2.24) is 0 Å². The maximum Gasteiger partial charge on any atom is -0.00178 e. The van der Waals surface area contributed by atoms with Gasteiger partial charge in [-0.1, -0.05) is 66.7 Å². The van der Waals surface area contributed by atoms with E-state index in [4.69, 9.17) is 0 Å². The molecule has 0 atom stereocenters. The topological polar surface area (TPSA) is 0 Å². The average molecular weight is 361 g/mol. The van der Waals surface area contributed by atoms with Crippen molar-refractivity contribution in [3.8, 4) is 11.1 Å². The fraction of sp³-hybridized carbons (Fsp3) is 0.143. The van der Waals surface area contributed by atoms with Gasteiger partial charge < -0.3 is 0 Å². The van der Waals surface area contributed by atoms with Crippen LogP contribution in [0.1, 0.15) is 22.3 Å². The fourth-order valence-electron chi connectivity index (χ4n) is 4.52. The van der Waals surface area contributed by atoms with Crippen LogP contribution in [-0.2, 0) is 0 Å². The van der Waals surface area contributed by atoms with E-state index < -0.39 is 0 Å². The fourth-order valence-corrected chi connectivity index (χ4v) is 4.52. The molecule has 0 heteroatoms. The highest BCUT2D eigenvalue weighted by Gasteiger charge is 2.16. The van der Waals surface area contributed by atoms with Crippen LogP contribution >= 0.6 is 0 Å². The second-order valence-corrected chi connectivity index (χ2v) is 8.04. The lowest BCUT2D eigenvalue weighted by Crippen LogP contribution is -1.94. The van der Waals surface area contributed by atoms with Crippen molar-refractivity contribution >= 4 is 32.3 Å². The summed E-state index contributed by atoms with van der Waals surface area (Å²) < 4.78 is 0. The summed E-state index contributed by atoms with van der Waals surface area (Å²) in [6.07, 6.45) is 0. The Labute approximate surface area is 166 Å². The molecule has 5 rings (SSSR count). The van der Waals surface area contributed by atoms with Gasteiger partial charge in [0.25, 0.3) is 0 Å². The van der Waals surface area contributed by atoms with Gasteiger partial charge in [0.05, 0.1) is 0 Å². The predicted molar refractivity (Wildman–Crippen MR) is 123 cm³/mol. The minimum absolute atomic E-state index is 1.30. The van der Waals surface area contributed by atoms with Gasteiger partial charge in [-0.05, 0) is 99.5 Å². The highest BCUT2D eigenvalue weighted by atomic mass is 14.2. The number of benzene rings is 5. The molecular weight excluding hydrogens is 336 g/mol. The summed E-state index contributed by atoms with van der Waals surface area (Å²) in [6, 6.07) is 27.0. The van der Waals surface area contributed by atoms with E-state index in [1.54, 1.807) is 0 Å². The molecule has 0 nitrogen and oxygen atoms in total. The van der Waals surface area contributed by atoms with Crippen molar-refractivity contribution < 1.29 is 0 Å². The quantitative estimate of drug-likeness (QED) is 0.265. The van der Waals surface area contributed by atoms with E-state index in [9.17, 15) is 0 Å². The Bertz CT molecular complexity index is 1330. The smallest absolute Gasteiger partial charge is 0.00178 e. The molecule has 0 aliphatic rings. The summed E-state index contributed by atoms with van der Waals surface area (Å²) in [5.74, 6) is 0. The zero-order valence-corrected chi connectivity index (χ0v) is 16.9. The molecule has 0 fully saturated rings. The van der Waals surface area contributed by atoms with Crippen molar-refractivity contribution in [1.29, 1.82) is 0 Å². The Balaban J connectivity index is 2.07. The van der Waals surface area contributed by atoms with Crippen molar-refractivity contribution in [3.63, 3.8) is 0 Å². The van der Waals surface area contributed by atoms with Gasteiger partial charge in [0.2, 0.25) is 0 Å². The van der Waals surface area contributed by atoms with Crippen molar-refractivity contribution in [2.45, 2.75) is 27.7 Å². The van der Waals surface area contributed by atoms with Crippen LogP contribution in [-0.4, -0.2) is 0 Å². The maximum absolute atomic E-state index is 2.38. The Hall–Kier alpha value is -3.12. The second-order valence-electron chi connectivity index (χ2n) is 8.04. The Kier molecular flexibility index (Phi) is 3.77. The van der Waals surface area contributed by atoms with Crippen LogP contribution in [0.15, 0.2) is 72.8 Å². The largest absolute Gasteiger partial charge is 0.0616 e. The van der Waals surface area contributed by atoms with Gasteiger partial charge in [-0.25, -0.2) is 0 Å². The van der Waals surface area contributed by atoms with E-state index in [1.165, 1.54) is 65.7 Å². The first-order chi connectivity index (χ1) is 13.5. The molecule has 0 spiro atoms. The highest BCUT2D eigenvalue weighted by Crippen LogP contribution is 2.42. The van der Waals surface area contributed by atoms with Crippen LogP contribution in [0.3, 0.4) is 0 Å². The lowest BCUT2D eigenvalue weighted by Gasteiger charge is -2.19. The maximum atomic E-state index is 2.38. The van der Waals surface area contributed by atoms with Gasteiger partial charge in [-0.15, -0.1) is 0 Å². The van der Waals surface area contributed by atoms with Gasteiger partial charge in [-0.3, -0.25) is 0 Å². The molecule has 0 radical (unpaired) electrons. The molecular formula is C28H24. The Morgan fingerprint density at radius 2 is 0.964 bits per heavy atom. The molecule has 0 aliphatic carbocycles. The molecule has 0 unspecified atom stereocenters. The first-order valence-electron chi connectivity index (χ1n) is 9.96. The SMILES string of the molecule is Cc1cc2cc(C)c(C)c(-c3c4ccccc4cc4ccccc34)c2cc1C. The Morgan fingerprint density at radius 1 is 0.429 bits per heavy atom. The molecule has 0 bridgehead atoms. The van der Waals surface area contributed by atoms with Gasteiger partial charge in [-0.2, -0.15) is 0 Å². The number of aryl methyl sites for hydroxylation is 3. The molecule has 28 heavy (non-hydrogen) atoms. The van der Waals surface area contributed by atoms with Gasteiger partial charge in [0.1, 0.15) is 0 Å². The van der Waals surface area contributed by atoms with Crippen LogP contribution in [0, 0.1) is 27.7 Å². The first kappa shape index (κ1) is 17.0. The summed E-state index contributed by atoms with van der Waals surface area (Å²) in [6.45, 7) is 8.93. The van der Waals surface area contributed by atoms with Crippen molar-refractivity contribution in [2.24, 2.45) is 0 Å². The molecule has 0 saturated carbocycles. The molecule has 5 aromatic rings. The summed E-state index contributed by atoms with van der Waals surface area (Å²) in [5, 5.41) is 7.94. The van der Waals surface area contributed by atoms with Crippen molar-refractivity contribution in [2.75, 3.05) is 0 Å². The van der Waals surface area contributed by atoms with Crippen LogP contribution in [0.2, 0.25) is 0 Å². The van der Waals surface area contributed by atoms with Crippen molar-refractivity contribution in [3.05, 3.63) is 95.1 Å². The van der Waals surface area contributed by atoms with Crippen LogP contribution in [0.25, 0.3) is 43.4 Å². The molecule has 0 aromatic heterocycles. The van der Waals surface area contributed by atoms with Crippen LogP contribution in [0.4, 0.5) is 0 Å². The number of hydrogen-bond donors (Lipinski definition) is 0. The zero-order chi connectivity index (χ0) is 19.4. The second kappa shape index (κ2) is 6.21. The normalized spacial score (nSPS) is 11.6. The van der Waals surface area contributed by atoms with Gasteiger partial charge in [0, 0.05) is 0 Å². The van der Waals surface area contributed by atoms with Gasteiger partial charge >= 0.3 is 0 Å². The van der Waals surface area contributed by atoms with Crippen LogP contribution in [0.5, 0.6) is 0 Å². The summed E-state index contributed by atoms with van der Waals surface area (Å²) in [4.78, 5) is 0. The third-order valence-electron chi connectivity index (χ3n) is 6.29. The van der Waals surface area contributed by atoms with Crippen LogP contribution < -0.4 is 0 Å². The Morgan fingerprint density at radius 3 is 1.61 bits per heavy atom. The lowest BCUT2D eigenvalue weighted by molar-refractivity contribution is 1.34. The van der Waals surface area contributed by atoms with E-state index in [0.717, 1.165) is 0 Å². The first-order valence-corrected chi connectivity index (χ1v) is 9.96. The zero-order valence-electron chi connectivity index (χ0n) is 16.9. The lowest BCUT2D eigenvalue weighted by atomic mass is 9.84. The minimum Gasteiger partial charge on any atom is -0.0616 e. The molecule has 0 N–H and O–H groups in total. The molecule has 0 amide bonds. The average Bonchev–Trinajstić information content (AvgIpc) is 2.70. The number of fused-ring (bicyclic) bond motifs is 3. The summed E-state index contributed by atoms with van der Waals surface area (Å²) in [5.41, 5.74) is 8.17. The van der Waals surface area contributed by atoms with E-state index in [-0.39, 0.29) is 0 Å². The molecule has 0 saturated heterocycles. The third-order valence-corrected chi connectivity index (χ3v) is 6.29. The summed E-state index contributed by atoms with van der Waals surface area (Å²) >= 11 is 0. The van der Waals surface area contributed by atoms with E-state index >= 15 is 0 Å². The predicted octanol–water partition coefficient (Wildman–Crippen LogP) is 8.05. The molecule has 5 aromatic carbocycles. The van der Waals surface area contributed by atoms with E-state index in [0.29, 0.717) is 0 Å². The van der Waals surface area contributed by atoms with E-state index in [2.05, 4.69) is 100 Å². The monoisotopic (exact) mass is 360 g/mol. The number of rotatable bonds is 1. The summed E-state index contributed by atoms with van der Waals surface area (Å²) in [7, 11) is 0. The molecule has 0 aliphatic heterocycles. The molecule has 136 valence electrons. The minimum atomic E-state index is 1.30. The highest BCUT2D eigenvalue weighted by molar-refractivity contribution is 6.17. The van der Waals surface area contributed by atoms with E-state index in [1.807, 2.05) is 0 Å². The number of hydrogen-bond acceptors (Lipinski definition) is 0. The third kappa shape index (κ3) is 2.45. The van der Waals surface area contributed by atoms with Gasteiger partial charge in [0.15, 0.2) is 0 Å².